The molecule has 3 aromatic rings. The maximum absolute atomic E-state index is 13.3. The summed E-state index contributed by atoms with van der Waals surface area (Å²) < 4.78 is 41.6. The third-order valence-corrected chi connectivity index (χ3v) is 5.38. The molecule has 0 aliphatic carbocycles. The number of nitrogens with one attached hydrogen (secondary N) is 1. The Bertz CT molecular complexity index is 937. The third-order valence-electron chi connectivity index (χ3n) is 3.94. The van der Waals surface area contributed by atoms with E-state index in [1.807, 2.05) is 37.3 Å². The van der Waals surface area contributed by atoms with E-state index >= 15 is 0 Å². The second kappa shape index (κ2) is 7.17. The number of hydrogen-bond acceptors (Lipinski definition) is 2. The molecule has 0 aromatic heterocycles. The lowest BCUT2D eigenvalue weighted by atomic mass is 10.00. The predicted octanol–water partition coefficient (Wildman–Crippen LogP) is 4.20. The van der Waals surface area contributed by atoms with Crippen molar-refractivity contribution in [3.05, 3.63) is 101 Å². The minimum absolute atomic E-state index is 0.196. The molecule has 1 unspecified atom stereocenters. The summed E-state index contributed by atoms with van der Waals surface area (Å²) in [5, 5.41) is 0. The Morgan fingerprint density at radius 3 is 1.96 bits per heavy atom. The molecule has 0 fully saturated rings. The molecule has 0 radical (unpaired) electrons. The fraction of sp³-hybridized carbons (Fsp3) is 0.100. The van der Waals surface area contributed by atoms with Gasteiger partial charge in [0.2, 0.25) is 10.0 Å². The average molecular weight is 355 g/mol. The molecule has 25 heavy (non-hydrogen) atoms. The van der Waals surface area contributed by atoms with Crippen LogP contribution in [0.5, 0.6) is 0 Å². The Kier molecular flexibility index (Phi) is 4.97. The molecule has 1 N–H and O–H groups in total. The smallest absolute Gasteiger partial charge is 0.207 e. The van der Waals surface area contributed by atoms with E-state index in [4.69, 9.17) is 0 Å². The van der Waals surface area contributed by atoms with Crippen LogP contribution < -0.4 is 4.72 Å². The van der Waals surface area contributed by atoms with Crippen LogP contribution in [0.15, 0.2) is 83.8 Å². The molecule has 0 aliphatic rings. The lowest BCUT2D eigenvalue weighted by molar-refractivity contribution is 0.571. The maximum atomic E-state index is 13.3. The van der Waals surface area contributed by atoms with Gasteiger partial charge in [0.05, 0.1) is 10.9 Å². The van der Waals surface area contributed by atoms with Gasteiger partial charge >= 0.3 is 0 Å². The number of halogens is 1. The zero-order chi connectivity index (χ0) is 17.9. The van der Waals surface area contributed by atoms with E-state index in [1.54, 1.807) is 36.4 Å². The van der Waals surface area contributed by atoms with Gasteiger partial charge in [-0.15, -0.1) is 0 Å². The highest BCUT2D eigenvalue weighted by molar-refractivity contribution is 7.89. The summed E-state index contributed by atoms with van der Waals surface area (Å²) in [4.78, 5) is 0.196. The molecule has 5 heteroatoms. The highest BCUT2D eigenvalue weighted by Gasteiger charge is 2.22. The number of sulfonamides is 1. The molecule has 3 aromatic carbocycles. The molecule has 1 atom stereocenters. The van der Waals surface area contributed by atoms with Gasteiger partial charge in [-0.3, -0.25) is 0 Å². The van der Waals surface area contributed by atoms with Crippen LogP contribution in [0.2, 0.25) is 0 Å². The van der Waals surface area contributed by atoms with E-state index in [0.717, 1.165) is 11.1 Å². The summed E-state index contributed by atoms with van der Waals surface area (Å²) in [6, 6.07) is 21.1. The fourth-order valence-electron chi connectivity index (χ4n) is 2.57. The first kappa shape index (κ1) is 17.3. The van der Waals surface area contributed by atoms with Crippen molar-refractivity contribution in [2.75, 3.05) is 0 Å². The third kappa shape index (κ3) is 4.13. The standard InChI is InChI=1S/C20H18FNO2S/c1-15-7-13-19(14-8-15)25(23,24)22-20(16-5-3-2-4-6-16)17-9-11-18(21)12-10-17/h2-14,20,22H,1H3. The van der Waals surface area contributed by atoms with Gasteiger partial charge in [-0.25, -0.2) is 12.8 Å². The molecule has 0 amide bonds. The summed E-state index contributed by atoms with van der Waals surface area (Å²) in [7, 11) is -3.73. The first-order chi connectivity index (χ1) is 12.0. The maximum Gasteiger partial charge on any atom is 0.241 e. The van der Waals surface area contributed by atoms with E-state index in [1.165, 1.54) is 12.1 Å². The monoisotopic (exact) mass is 355 g/mol. The van der Waals surface area contributed by atoms with Gasteiger partial charge in [0.1, 0.15) is 5.82 Å². The highest BCUT2D eigenvalue weighted by atomic mass is 32.2. The van der Waals surface area contributed by atoms with Crippen LogP contribution in [-0.4, -0.2) is 8.42 Å². The predicted molar refractivity (Wildman–Crippen MR) is 96.2 cm³/mol. The van der Waals surface area contributed by atoms with Crippen molar-refractivity contribution in [2.24, 2.45) is 0 Å². The summed E-state index contributed by atoms with van der Waals surface area (Å²) in [5.41, 5.74) is 2.44. The molecule has 0 spiro atoms. The Balaban J connectivity index is 2.00. The summed E-state index contributed by atoms with van der Waals surface area (Å²) in [5.74, 6) is -0.364. The number of hydrogen-bond donors (Lipinski definition) is 1. The van der Waals surface area contributed by atoms with Crippen LogP contribution in [0.4, 0.5) is 4.39 Å². The number of rotatable bonds is 5. The number of aryl methyl sites for hydroxylation is 1. The van der Waals surface area contributed by atoms with Crippen molar-refractivity contribution in [1.82, 2.24) is 4.72 Å². The van der Waals surface area contributed by atoms with Gasteiger partial charge in [0, 0.05) is 0 Å². The molecule has 0 heterocycles. The van der Waals surface area contributed by atoms with Crippen LogP contribution in [0, 0.1) is 12.7 Å². The zero-order valence-corrected chi connectivity index (χ0v) is 14.5. The van der Waals surface area contributed by atoms with Crippen LogP contribution >= 0.6 is 0 Å². The zero-order valence-electron chi connectivity index (χ0n) is 13.7. The second-order valence-corrected chi connectivity index (χ2v) is 7.54. The van der Waals surface area contributed by atoms with Crippen molar-refractivity contribution in [3.8, 4) is 0 Å². The van der Waals surface area contributed by atoms with Crippen LogP contribution in [0.25, 0.3) is 0 Å². The van der Waals surface area contributed by atoms with Gasteiger partial charge in [-0.2, -0.15) is 4.72 Å². The lowest BCUT2D eigenvalue weighted by Crippen LogP contribution is -2.29. The second-order valence-electron chi connectivity index (χ2n) is 5.83. The van der Waals surface area contributed by atoms with Gasteiger partial charge in [-0.1, -0.05) is 60.2 Å². The molecule has 0 saturated carbocycles. The largest absolute Gasteiger partial charge is 0.241 e. The SMILES string of the molecule is Cc1ccc(S(=O)(=O)NC(c2ccccc2)c2ccc(F)cc2)cc1. The molecule has 3 rings (SSSR count). The van der Waals surface area contributed by atoms with Crippen LogP contribution in [0.1, 0.15) is 22.7 Å². The summed E-state index contributed by atoms with van der Waals surface area (Å²) in [6.07, 6.45) is 0. The molecular weight excluding hydrogens is 337 g/mol. The van der Waals surface area contributed by atoms with E-state index in [2.05, 4.69) is 4.72 Å². The first-order valence-electron chi connectivity index (χ1n) is 7.85. The van der Waals surface area contributed by atoms with E-state index in [9.17, 15) is 12.8 Å². The molecular formula is C20H18FNO2S. The van der Waals surface area contributed by atoms with E-state index in [-0.39, 0.29) is 10.7 Å². The fourth-order valence-corrected chi connectivity index (χ4v) is 3.78. The summed E-state index contributed by atoms with van der Waals surface area (Å²) in [6.45, 7) is 1.90. The van der Waals surface area contributed by atoms with Crippen molar-refractivity contribution in [1.29, 1.82) is 0 Å². The van der Waals surface area contributed by atoms with Crippen LogP contribution in [0.3, 0.4) is 0 Å². The molecule has 0 aliphatic heterocycles. The van der Waals surface area contributed by atoms with Crippen molar-refractivity contribution in [2.45, 2.75) is 17.9 Å². The Morgan fingerprint density at radius 1 is 0.800 bits per heavy atom. The minimum atomic E-state index is -3.73. The Morgan fingerprint density at radius 2 is 1.36 bits per heavy atom. The quantitative estimate of drug-likeness (QED) is 0.745. The minimum Gasteiger partial charge on any atom is -0.207 e. The molecule has 0 bridgehead atoms. The van der Waals surface area contributed by atoms with Crippen molar-refractivity contribution < 1.29 is 12.8 Å². The van der Waals surface area contributed by atoms with Gasteiger partial charge in [0.25, 0.3) is 0 Å². The topological polar surface area (TPSA) is 46.2 Å². The van der Waals surface area contributed by atoms with E-state index in [0.29, 0.717) is 5.56 Å². The van der Waals surface area contributed by atoms with Crippen molar-refractivity contribution in [3.63, 3.8) is 0 Å². The Hall–Kier alpha value is -2.50. The Labute approximate surface area is 147 Å². The molecule has 0 saturated heterocycles. The van der Waals surface area contributed by atoms with Gasteiger partial charge < -0.3 is 0 Å². The number of benzene rings is 3. The van der Waals surface area contributed by atoms with Crippen LogP contribution in [-0.2, 0) is 10.0 Å². The average Bonchev–Trinajstić information content (AvgIpc) is 2.62. The first-order valence-corrected chi connectivity index (χ1v) is 9.33. The lowest BCUT2D eigenvalue weighted by Gasteiger charge is -2.20. The molecule has 128 valence electrons. The van der Waals surface area contributed by atoms with Gasteiger partial charge in [0.15, 0.2) is 0 Å². The van der Waals surface area contributed by atoms with Crippen molar-refractivity contribution >= 4 is 10.0 Å². The van der Waals surface area contributed by atoms with Gasteiger partial charge in [-0.05, 0) is 42.3 Å². The normalized spacial score (nSPS) is 12.7. The summed E-state index contributed by atoms with van der Waals surface area (Å²) >= 11 is 0. The highest BCUT2D eigenvalue weighted by Crippen LogP contribution is 2.25. The van der Waals surface area contributed by atoms with E-state index < -0.39 is 16.1 Å². The molecule has 3 nitrogen and oxygen atoms in total.